The third kappa shape index (κ3) is 3.35. The molecular weight excluding hydrogens is 354 g/mol. The van der Waals surface area contributed by atoms with Gasteiger partial charge >= 0.3 is 0 Å². The lowest BCUT2D eigenvalue weighted by Crippen LogP contribution is -3.12. The molecular formula is C17H24N5OS2+. The highest BCUT2D eigenvalue weighted by molar-refractivity contribution is 7.98. The van der Waals surface area contributed by atoms with Gasteiger partial charge in [0, 0.05) is 13.1 Å². The normalized spacial score (nSPS) is 19.1. The minimum Gasteiger partial charge on any atom is -0.356 e. The third-order valence-electron chi connectivity index (χ3n) is 5.06. The Morgan fingerprint density at radius 2 is 1.92 bits per heavy atom. The van der Waals surface area contributed by atoms with Crippen molar-refractivity contribution < 1.29 is 9.69 Å². The summed E-state index contributed by atoms with van der Waals surface area (Å²) in [4.78, 5) is 29.9. The van der Waals surface area contributed by atoms with Crippen molar-refractivity contribution in [1.29, 1.82) is 0 Å². The van der Waals surface area contributed by atoms with Gasteiger partial charge in [-0.1, -0.05) is 11.8 Å². The third-order valence-corrected chi connectivity index (χ3v) is 6.62. The summed E-state index contributed by atoms with van der Waals surface area (Å²) >= 11 is 3.08. The lowest BCUT2D eigenvalue weighted by Gasteiger charge is -2.29. The number of fused-ring (bicyclic) bond motifs is 1. The molecule has 4 heterocycles. The Hall–Kier alpha value is -1.38. The van der Waals surface area contributed by atoms with E-state index in [-0.39, 0.29) is 5.91 Å². The second kappa shape index (κ2) is 7.09. The molecule has 0 atom stereocenters. The molecule has 2 saturated heterocycles. The van der Waals surface area contributed by atoms with Gasteiger partial charge in [0.2, 0.25) is 0 Å². The fourth-order valence-electron chi connectivity index (χ4n) is 3.50. The summed E-state index contributed by atoms with van der Waals surface area (Å²) in [7, 11) is 2.18. The van der Waals surface area contributed by atoms with Crippen LogP contribution in [0.2, 0.25) is 0 Å². The molecule has 8 heteroatoms. The zero-order chi connectivity index (χ0) is 17.4. The fraction of sp³-hybridized carbons (Fsp3) is 0.588. The van der Waals surface area contributed by atoms with Crippen molar-refractivity contribution in [3.05, 3.63) is 10.9 Å². The van der Waals surface area contributed by atoms with Crippen LogP contribution in [0.4, 0.5) is 5.82 Å². The Labute approximate surface area is 156 Å². The minimum absolute atomic E-state index is 0.147. The molecule has 0 aliphatic carbocycles. The number of rotatable bonds is 3. The van der Waals surface area contributed by atoms with Gasteiger partial charge in [-0.3, -0.25) is 4.79 Å². The first-order valence-corrected chi connectivity index (χ1v) is 10.9. The zero-order valence-electron chi connectivity index (χ0n) is 14.7. The molecule has 0 saturated carbocycles. The van der Waals surface area contributed by atoms with E-state index < -0.39 is 0 Å². The number of quaternary nitrogens is 1. The van der Waals surface area contributed by atoms with E-state index in [1.165, 1.54) is 29.1 Å². The lowest BCUT2D eigenvalue weighted by molar-refractivity contribution is -0.883. The quantitative estimate of drug-likeness (QED) is 0.638. The number of anilines is 1. The second-order valence-corrected chi connectivity index (χ2v) is 8.61. The van der Waals surface area contributed by atoms with Gasteiger partial charge in [-0.05, 0) is 25.2 Å². The Balaban J connectivity index is 1.69. The predicted octanol–water partition coefficient (Wildman–Crippen LogP) is 0.984. The Morgan fingerprint density at radius 3 is 2.60 bits per heavy atom. The molecule has 0 aromatic carbocycles. The topological polar surface area (TPSA) is 53.8 Å². The monoisotopic (exact) mass is 378 g/mol. The Kier molecular flexibility index (Phi) is 4.84. The molecule has 2 aromatic rings. The van der Waals surface area contributed by atoms with Crippen molar-refractivity contribution in [1.82, 2.24) is 14.9 Å². The maximum atomic E-state index is 12.9. The first kappa shape index (κ1) is 17.1. The predicted molar refractivity (Wildman–Crippen MR) is 103 cm³/mol. The molecule has 0 radical (unpaired) electrons. The standard InChI is InChI=1S/C17H23N5OS2/c1-20-7-9-22(10-8-20)16(23)13-11-12-14(21-5-3-4-6-21)18-17(24-2)19-15(12)25-13/h11H,3-10H2,1-2H3/p+1. The number of nitrogens with one attached hydrogen (secondary N) is 1. The van der Waals surface area contributed by atoms with Gasteiger partial charge in [0.25, 0.3) is 5.91 Å². The molecule has 0 bridgehead atoms. The van der Waals surface area contributed by atoms with E-state index in [9.17, 15) is 4.79 Å². The average Bonchev–Trinajstić information content (AvgIpc) is 3.30. The number of nitrogens with zero attached hydrogens (tertiary/aromatic N) is 4. The van der Waals surface area contributed by atoms with Crippen LogP contribution in [0.5, 0.6) is 0 Å². The average molecular weight is 379 g/mol. The van der Waals surface area contributed by atoms with Crippen LogP contribution in [0, 0.1) is 0 Å². The van der Waals surface area contributed by atoms with Crippen LogP contribution in [0.15, 0.2) is 11.2 Å². The van der Waals surface area contributed by atoms with Crippen molar-refractivity contribution >= 4 is 45.0 Å². The fourth-order valence-corrected chi connectivity index (χ4v) is 4.91. The smallest absolute Gasteiger partial charge is 0.264 e. The number of amides is 1. The number of carbonyl (C=O) groups excluding carboxylic acids is 1. The highest BCUT2D eigenvalue weighted by atomic mass is 32.2. The number of thiophene rings is 1. The summed E-state index contributed by atoms with van der Waals surface area (Å²) in [5.41, 5.74) is 0. The zero-order valence-corrected chi connectivity index (χ0v) is 16.4. The molecule has 0 spiro atoms. The molecule has 1 amide bonds. The van der Waals surface area contributed by atoms with E-state index in [0.717, 1.165) is 65.3 Å². The molecule has 6 nitrogen and oxygen atoms in total. The van der Waals surface area contributed by atoms with E-state index in [2.05, 4.69) is 16.9 Å². The Bertz CT molecular complexity index is 779. The molecule has 2 aliphatic heterocycles. The van der Waals surface area contributed by atoms with E-state index in [1.54, 1.807) is 11.8 Å². The van der Waals surface area contributed by atoms with Crippen LogP contribution in [-0.2, 0) is 0 Å². The van der Waals surface area contributed by atoms with Gasteiger partial charge in [-0.2, -0.15) is 0 Å². The van der Waals surface area contributed by atoms with E-state index in [4.69, 9.17) is 4.98 Å². The van der Waals surface area contributed by atoms with Crippen LogP contribution < -0.4 is 9.80 Å². The van der Waals surface area contributed by atoms with Crippen LogP contribution in [0.25, 0.3) is 10.2 Å². The summed E-state index contributed by atoms with van der Waals surface area (Å²) < 4.78 is 0. The maximum absolute atomic E-state index is 12.9. The number of piperazine rings is 1. The van der Waals surface area contributed by atoms with Gasteiger partial charge in [0.1, 0.15) is 10.6 Å². The van der Waals surface area contributed by atoms with E-state index >= 15 is 0 Å². The van der Waals surface area contributed by atoms with Gasteiger partial charge in [-0.25, -0.2) is 9.97 Å². The molecule has 1 N–H and O–H groups in total. The van der Waals surface area contributed by atoms with E-state index in [1.807, 2.05) is 17.2 Å². The summed E-state index contributed by atoms with van der Waals surface area (Å²) in [5, 5.41) is 1.83. The summed E-state index contributed by atoms with van der Waals surface area (Å²) in [6, 6.07) is 2.02. The first-order valence-electron chi connectivity index (χ1n) is 8.87. The number of hydrogen-bond acceptors (Lipinski definition) is 6. The van der Waals surface area contributed by atoms with Crippen LogP contribution in [0.1, 0.15) is 22.5 Å². The van der Waals surface area contributed by atoms with Crippen molar-refractivity contribution in [3.8, 4) is 0 Å². The second-order valence-electron chi connectivity index (χ2n) is 6.81. The van der Waals surface area contributed by atoms with Gasteiger partial charge in [0.05, 0.1) is 43.5 Å². The van der Waals surface area contributed by atoms with Gasteiger partial charge in [0.15, 0.2) is 5.16 Å². The number of likely N-dealkylation sites (N-methyl/N-ethyl adjacent to an activating group) is 1. The van der Waals surface area contributed by atoms with E-state index in [0.29, 0.717) is 0 Å². The summed E-state index contributed by atoms with van der Waals surface area (Å²) in [6.45, 7) is 5.79. The largest absolute Gasteiger partial charge is 0.356 e. The van der Waals surface area contributed by atoms with Crippen LogP contribution in [0.3, 0.4) is 0 Å². The van der Waals surface area contributed by atoms with Gasteiger partial charge < -0.3 is 14.7 Å². The number of thioether (sulfide) groups is 1. The van der Waals surface area contributed by atoms with Crippen molar-refractivity contribution in [2.75, 3.05) is 57.5 Å². The number of aromatic nitrogens is 2. The molecule has 2 aliphatic rings. The molecule has 2 fully saturated rings. The number of carbonyl (C=O) groups is 1. The van der Waals surface area contributed by atoms with Crippen molar-refractivity contribution in [3.63, 3.8) is 0 Å². The van der Waals surface area contributed by atoms with Gasteiger partial charge in [-0.15, -0.1) is 11.3 Å². The molecule has 0 unspecified atom stereocenters. The van der Waals surface area contributed by atoms with Crippen LogP contribution in [-0.4, -0.2) is 73.3 Å². The van der Waals surface area contributed by atoms with Crippen LogP contribution >= 0.6 is 23.1 Å². The van der Waals surface area contributed by atoms with Crippen molar-refractivity contribution in [2.45, 2.75) is 18.0 Å². The highest BCUT2D eigenvalue weighted by Crippen LogP contribution is 2.34. The minimum atomic E-state index is 0.147. The maximum Gasteiger partial charge on any atom is 0.264 e. The number of hydrogen-bond donors (Lipinski definition) is 1. The molecule has 4 rings (SSSR count). The SMILES string of the molecule is CSc1nc(N2CCCC2)c2cc(C(=O)N3CC[NH+](C)CC3)sc2n1. The summed E-state index contributed by atoms with van der Waals surface area (Å²) in [5.74, 6) is 1.15. The Morgan fingerprint density at radius 1 is 1.20 bits per heavy atom. The highest BCUT2D eigenvalue weighted by Gasteiger charge is 2.26. The molecule has 134 valence electrons. The molecule has 2 aromatic heterocycles. The summed E-state index contributed by atoms with van der Waals surface area (Å²) in [6.07, 6.45) is 4.42. The molecule has 25 heavy (non-hydrogen) atoms. The lowest BCUT2D eigenvalue weighted by atomic mass is 10.2. The first-order chi connectivity index (χ1) is 12.2. The van der Waals surface area contributed by atoms with Crippen molar-refractivity contribution in [2.24, 2.45) is 0 Å².